The Kier molecular flexibility index (Phi) is 13.2. The summed E-state index contributed by atoms with van der Waals surface area (Å²) in [5, 5.41) is 13.9. The van der Waals surface area contributed by atoms with Gasteiger partial charge in [0.05, 0.1) is 26.4 Å². The quantitative estimate of drug-likeness (QED) is 0.0957. The van der Waals surface area contributed by atoms with E-state index in [9.17, 15) is 28.8 Å². The van der Waals surface area contributed by atoms with Gasteiger partial charge in [0.2, 0.25) is 0 Å². The fourth-order valence-corrected chi connectivity index (χ4v) is 6.45. The Morgan fingerprint density at radius 2 is 1.67 bits per heavy atom. The highest BCUT2D eigenvalue weighted by Gasteiger charge is 2.57. The summed E-state index contributed by atoms with van der Waals surface area (Å²) in [7, 11) is -4.52. The summed E-state index contributed by atoms with van der Waals surface area (Å²) in [6, 6.07) is 0.939. The number of halogens is 1. The molecule has 1 fully saturated rings. The molecule has 1 aliphatic rings. The van der Waals surface area contributed by atoms with Crippen LogP contribution in [0.1, 0.15) is 47.8 Å². The van der Waals surface area contributed by atoms with Gasteiger partial charge in [0.15, 0.2) is 22.6 Å². The maximum atomic E-state index is 15.3. The van der Waals surface area contributed by atoms with Crippen molar-refractivity contribution in [3.63, 3.8) is 0 Å². The standard InChI is InChI=1S/C24H37FN5O10PS2/c1-22(2,3)19(33)42-11-9-37-41(36,38-10-12-43-20(34)23(4,5)6)39-14-24(13-27-29-26)17(32)16(25)18(40-24)30-8-7-15(31)28-21(30)35/h7-8,16-18,32H,9-14H2,1-6H3,(H,28,31,35)/t16-,17+,18-,24-/m1/s1. The maximum absolute atomic E-state index is 15.3. The van der Waals surface area contributed by atoms with Gasteiger partial charge < -0.3 is 9.84 Å². The molecule has 1 aliphatic heterocycles. The molecule has 19 heteroatoms. The Hall–Kier alpha value is -2.01. The predicted molar refractivity (Wildman–Crippen MR) is 158 cm³/mol. The number of aliphatic hydroxyl groups is 1. The summed E-state index contributed by atoms with van der Waals surface area (Å²) < 4.78 is 51.5. The van der Waals surface area contributed by atoms with Gasteiger partial charge in [-0.1, -0.05) is 70.2 Å². The van der Waals surface area contributed by atoms with E-state index in [1.807, 2.05) is 4.98 Å². The third-order valence-electron chi connectivity index (χ3n) is 5.82. The minimum Gasteiger partial charge on any atom is -0.387 e. The van der Waals surface area contributed by atoms with E-state index in [1.165, 1.54) is 0 Å². The van der Waals surface area contributed by atoms with E-state index in [2.05, 4.69) is 10.0 Å². The van der Waals surface area contributed by atoms with Gasteiger partial charge in [-0.05, 0) is 5.53 Å². The minimum atomic E-state index is -4.52. The van der Waals surface area contributed by atoms with Gasteiger partial charge in [-0.3, -0.25) is 37.5 Å². The minimum absolute atomic E-state index is 0.0802. The number of phosphoric ester groups is 1. The Morgan fingerprint density at radius 1 is 1.14 bits per heavy atom. The summed E-state index contributed by atoms with van der Waals surface area (Å²) in [5.74, 6) is 0.160. The van der Waals surface area contributed by atoms with Crippen molar-refractivity contribution in [3.8, 4) is 0 Å². The second-order valence-corrected chi connectivity index (χ2v) is 15.3. The zero-order valence-corrected chi connectivity index (χ0v) is 27.2. The van der Waals surface area contributed by atoms with Gasteiger partial charge in [-0.25, -0.2) is 13.8 Å². The van der Waals surface area contributed by atoms with Gasteiger partial charge in [0.25, 0.3) is 5.56 Å². The van der Waals surface area contributed by atoms with E-state index < -0.39 is 67.2 Å². The second-order valence-electron chi connectivity index (χ2n) is 11.5. The average molecular weight is 670 g/mol. The molecule has 2 N–H and O–H groups in total. The number of thioether (sulfide) groups is 2. The highest BCUT2D eigenvalue weighted by Crippen LogP contribution is 2.52. The number of phosphoric acid groups is 1. The van der Waals surface area contributed by atoms with Crippen LogP contribution in [0.15, 0.2) is 27.0 Å². The number of hydrogen-bond donors (Lipinski definition) is 2. The summed E-state index contributed by atoms with van der Waals surface area (Å²) in [4.78, 5) is 52.7. The van der Waals surface area contributed by atoms with Crippen molar-refractivity contribution in [1.82, 2.24) is 9.55 Å². The topological polar surface area (TPSA) is 212 Å². The van der Waals surface area contributed by atoms with Crippen LogP contribution in [-0.4, -0.2) is 80.6 Å². The SMILES string of the molecule is CC(C)(C)C(=O)SCCOP(=O)(OCCSC(=O)C(C)(C)C)OC[C@@]1(CN=[N+]=[N-])O[C@@H](n2ccc(=O)[nH]c2=O)[C@H](F)[C@@H]1O. The van der Waals surface area contributed by atoms with E-state index in [0.717, 1.165) is 35.8 Å². The first-order valence-corrected chi connectivity index (χ1v) is 16.5. The molecule has 4 atom stereocenters. The number of alkyl halides is 1. The fourth-order valence-electron chi connectivity index (χ4n) is 3.41. The number of rotatable bonds is 14. The zero-order chi connectivity index (χ0) is 32.6. The molecule has 0 aromatic carbocycles. The van der Waals surface area contributed by atoms with Gasteiger partial charge in [-0.15, -0.1) is 0 Å². The highest BCUT2D eigenvalue weighted by atomic mass is 32.2. The second kappa shape index (κ2) is 15.3. The number of hydrogen-bond acceptors (Lipinski definition) is 13. The van der Waals surface area contributed by atoms with E-state index in [4.69, 9.17) is 23.8 Å². The zero-order valence-electron chi connectivity index (χ0n) is 24.7. The lowest BCUT2D eigenvalue weighted by Gasteiger charge is -2.31. The first-order chi connectivity index (χ1) is 19.8. The number of H-pyrrole nitrogens is 1. The molecule has 1 saturated heterocycles. The lowest BCUT2D eigenvalue weighted by molar-refractivity contribution is -0.122. The number of aliphatic hydroxyl groups excluding tert-OH is 1. The molecular formula is C24H37FN5O10PS2. The highest BCUT2D eigenvalue weighted by molar-refractivity contribution is 8.14. The van der Waals surface area contributed by atoms with Crippen molar-refractivity contribution in [2.45, 2.75) is 65.6 Å². The van der Waals surface area contributed by atoms with Gasteiger partial charge in [0, 0.05) is 39.5 Å². The summed E-state index contributed by atoms with van der Waals surface area (Å²) in [6.07, 6.45) is -5.16. The lowest BCUT2D eigenvalue weighted by atomic mass is 9.97. The molecule has 1 aromatic heterocycles. The molecule has 0 unspecified atom stereocenters. The van der Waals surface area contributed by atoms with Crippen molar-refractivity contribution in [2.24, 2.45) is 15.9 Å². The number of nitrogens with zero attached hydrogens (tertiary/aromatic N) is 4. The van der Waals surface area contributed by atoms with Crippen molar-refractivity contribution in [2.75, 3.05) is 37.9 Å². The van der Waals surface area contributed by atoms with Crippen molar-refractivity contribution >= 4 is 41.6 Å². The van der Waals surface area contributed by atoms with Crippen LogP contribution in [0.25, 0.3) is 10.4 Å². The molecule has 242 valence electrons. The number of azide groups is 1. The van der Waals surface area contributed by atoms with E-state index in [1.54, 1.807) is 41.5 Å². The van der Waals surface area contributed by atoms with Crippen molar-refractivity contribution < 1.29 is 42.0 Å². The Labute approximate surface area is 255 Å². The predicted octanol–water partition coefficient (Wildman–Crippen LogP) is 3.58. The third-order valence-corrected chi connectivity index (χ3v) is 9.75. The summed E-state index contributed by atoms with van der Waals surface area (Å²) >= 11 is 1.88. The molecule has 0 spiro atoms. The Balaban J connectivity index is 2.25. The first-order valence-electron chi connectivity index (χ1n) is 13.1. The third kappa shape index (κ3) is 10.5. The number of carbonyl (C=O) groups is 2. The number of carbonyl (C=O) groups excluding carboxylic acids is 2. The smallest absolute Gasteiger partial charge is 0.387 e. The monoisotopic (exact) mass is 669 g/mol. The first kappa shape index (κ1) is 37.2. The Bertz CT molecular complexity index is 1320. The van der Waals surface area contributed by atoms with Crippen LogP contribution in [0, 0.1) is 10.8 Å². The molecule has 0 aliphatic carbocycles. The molecular weight excluding hydrogens is 632 g/mol. The van der Waals surface area contributed by atoms with Gasteiger partial charge in [-0.2, -0.15) is 0 Å². The summed E-state index contributed by atoms with van der Waals surface area (Å²) in [6.45, 7) is 8.27. The summed E-state index contributed by atoms with van der Waals surface area (Å²) in [5.41, 5.74) is 3.69. The van der Waals surface area contributed by atoms with Crippen LogP contribution in [-0.2, 0) is 32.5 Å². The Morgan fingerprint density at radius 3 is 2.14 bits per heavy atom. The average Bonchev–Trinajstić information content (AvgIpc) is 3.15. The molecule has 2 rings (SSSR count). The largest absolute Gasteiger partial charge is 0.474 e. The van der Waals surface area contributed by atoms with Crippen LogP contribution in [0.2, 0.25) is 0 Å². The van der Waals surface area contributed by atoms with Crippen LogP contribution < -0.4 is 11.2 Å². The van der Waals surface area contributed by atoms with E-state index >= 15 is 4.39 Å². The van der Waals surface area contributed by atoms with Crippen molar-refractivity contribution in [3.05, 3.63) is 43.5 Å². The van der Waals surface area contributed by atoms with Crippen LogP contribution in [0.4, 0.5) is 4.39 Å². The molecule has 1 aromatic rings. The number of aromatic amines is 1. The lowest BCUT2D eigenvalue weighted by Crippen LogP contribution is -2.48. The van der Waals surface area contributed by atoms with Gasteiger partial charge in [0.1, 0.15) is 11.7 Å². The normalized spacial score (nSPS) is 22.7. The van der Waals surface area contributed by atoms with Crippen molar-refractivity contribution in [1.29, 1.82) is 0 Å². The molecule has 0 amide bonds. The number of nitrogens with one attached hydrogen (secondary N) is 1. The van der Waals surface area contributed by atoms with E-state index in [-0.39, 0.29) is 35.0 Å². The molecule has 0 saturated carbocycles. The van der Waals surface area contributed by atoms with Crippen LogP contribution >= 0.6 is 31.3 Å². The fraction of sp³-hybridized carbons (Fsp3) is 0.750. The number of aromatic nitrogens is 2. The molecule has 0 bridgehead atoms. The van der Waals surface area contributed by atoms with Gasteiger partial charge >= 0.3 is 13.5 Å². The molecule has 0 radical (unpaired) electrons. The molecule has 43 heavy (non-hydrogen) atoms. The number of ether oxygens (including phenoxy) is 1. The molecule has 15 nitrogen and oxygen atoms in total. The molecule has 2 heterocycles. The van der Waals surface area contributed by atoms with Crippen LogP contribution in [0.3, 0.4) is 0 Å². The van der Waals surface area contributed by atoms with E-state index in [0.29, 0.717) is 4.57 Å². The maximum Gasteiger partial charge on any atom is 0.474 e. The van der Waals surface area contributed by atoms with Crippen LogP contribution in [0.5, 0.6) is 0 Å².